The molecule has 0 saturated carbocycles. The Morgan fingerprint density at radius 1 is 1.17 bits per heavy atom. The van der Waals surface area contributed by atoms with Gasteiger partial charge in [-0.25, -0.2) is 4.79 Å². The first-order valence-corrected chi connectivity index (χ1v) is 7.77. The van der Waals surface area contributed by atoms with Gasteiger partial charge in [-0.05, 0) is 25.0 Å². The molecule has 0 spiro atoms. The first-order valence-electron chi connectivity index (χ1n) is 7.77. The minimum Gasteiger partial charge on any atom is -0.465 e. The van der Waals surface area contributed by atoms with Crippen LogP contribution in [0.3, 0.4) is 0 Å². The third kappa shape index (κ3) is 2.42. The van der Waals surface area contributed by atoms with E-state index in [-0.39, 0.29) is 11.0 Å². The Morgan fingerprint density at radius 3 is 2.46 bits per heavy atom. The third-order valence-corrected chi connectivity index (χ3v) is 4.52. The number of nitrogens with zero attached hydrogens (tertiary/aromatic N) is 2. The van der Waals surface area contributed by atoms with Crippen LogP contribution in [0, 0.1) is 13.8 Å². The van der Waals surface area contributed by atoms with Gasteiger partial charge in [-0.3, -0.25) is 4.79 Å². The molecule has 24 heavy (non-hydrogen) atoms. The van der Waals surface area contributed by atoms with E-state index in [0.29, 0.717) is 11.9 Å². The lowest BCUT2D eigenvalue weighted by atomic mass is 10.1. The molecule has 2 aromatic heterocycles. The molecule has 5 heteroatoms. The molecule has 5 nitrogen and oxygen atoms in total. The predicted molar refractivity (Wildman–Crippen MR) is 93.5 cm³/mol. The first-order chi connectivity index (χ1) is 11.5. The summed E-state index contributed by atoms with van der Waals surface area (Å²) in [5.41, 5.74) is 3.67. The summed E-state index contributed by atoms with van der Waals surface area (Å²) in [5.74, 6) is -0.606. The zero-order chi connectivity index (χ0) is 17.4. The largest absolute Gasteiger partial charge is 0.465 e. The van der Waals surface area contributed by atoms with Crippen molar-refractivity contribution in [3.63, 3.8) is 0 Å². The van der Waals surface area contributed by atoms with Crippen LogP contribution in [0.5, 0.6) is 0 Å². The summed E-state index contributed by atoms with van der Waals surface area (Å²) in [6.07, 6.45) is 1.55. The Balaban J connectivity index is 2.29. The molecule has 0 N–H and O–H groups in total. The molecule has 3 rings (SSSR count). The highest BCUT2D eigenvalue weighted by Gasteiger charge is 2.21. The van der Waals surface area contributed by atoms with Crippen molar-refractivity contribution in [1.29, 1.82) is 0 Å². The minimum absolute atomic E-state index is 0.0625. The summed E-state index contributed by atoms with van der Waals surface area (Å²) in [7, 11) is 3.12. The number of fused-ring (bicyclic) bond motifs is 1. The summed E-state index contributed by atoms with van der Waals surface area (Å²) in [6, 6.07) is 10.1. The van der Waals surface area contributed by atoms with Crippen molar-refractivity contribution in [2.45, 2.75) is 20.4 Å². The minimum atomic E-state index is -0.606. The maximum absolute atomic E-state index is 12.8. The average Bonchev–Trinajstić information content (AvgIpc) is 2.84. The van der Waals surface area contributed by atoms with Crippen molar-refractivity contribution in [2.24, 2.45) is 7.05 Å². The molecule has 0 aliphatic carbocycles. The van der Waals surface area contributed by atoms with E-state index in [1.165, 1.54) is 7.11 Å². The van der Waals surface area contributed by atoms with Crippen molar-refractivity contribution >= 4 is 17.0 Å². The number of benzene rings is 1. The third-order valence-electron chi connectivity index (χ3n) is 4.52. The highest BCUT2D eigenvalue weighted by molar-refractivity contribution is 5.94. The number of hydrogen-bond acceptors (Lipinski definition) is 3. The number of rotatable bonds is 3. The fraction of sp³-hybridized carbons (Fsp3) is 0.263. The highest BCUT2D eigenvalue weighted by atomic mass is 16.5. The maximum Gasteiger partial charge on any atom is 0.343 e. The SMILES string of the molecule is COC(=O)c1cn(C)c2c(c(C)c(C)n2Cc2ccccc2)c1=O. The van der Waals surface area contributed by atoms with Crippen LogP contribution in [0.4, 0.5) is 0 Å². The number of methoxy groups -OCH3 is 1. The van der Waals surface area contributed by atoms with Crippen molar-refractivity contribution in [3.8, 4) is 0 Å². The Labute approximate surface area is 140 Å². The second-order valence-corrected chi connectivity index (χ2v) is 5.96. The molecule has 124 valence electrons. The number of aryl methyl sites for hydroxylation is 2. The van der Waals surface area contributed by atoms with E-state index in [1.807, 2.05) is 43.7 Å². The zero-order valence-electron chi connectivity index (χ0n) is 14.3. The van der Waals surface area contributed by atoms with Gasteiger partial charge >= 0.3 is 5.97 Å². The normalized spacial score (nSPS) is 11.0. The van der Waals surface area contributed by atoms with Crippen LogP contribution in [0.2, 0.25) is 0 Å². The topological polar surface area (TPSA) is 53.2 Å². The van der Waals surface area contributed by atoms with E-state index >= 15 is 0 Å². The molecule has 0 aliphatic heterocycles. The quantitative estimate of drug-likeness (QED) is 0.696. The van der Waals surface area contributed by atoms with Crippen LogP contribution in [0.15, 0.2) is 41.3 Å². The van der Waals surface area contributed by atoms with Gasteiger partial charge < -0.3 is 13.9 Å². The second-order valence-electron chi connectivity index (χ2n) is 5.96. The van der Waals surface area contributed by atoms with Crippen molar-refractivity contribution < 1.29 is 9.53 Å². The second kappa shape index (κ2) is 6.00. The van der Waals surface area contributed by atoms with E-state index in [4.69, 9.17) is 4.74 Å². The van der Waals surface area contributed by atoms with Gasteiger partial charge in [0.05, 0.1) is 12.5 Å². The molecule has 1 aromatic carbocycles. The number of hydrogen-bond donors (Lipinski definition) is 0. The lowest BCUT2D eigenvalue weighted by molar-refractivity contribution is 0.0598. The predicted octanol–water partition coefficient (Wildman–Crippen LogP) is 2.79. The number of pyridine rings is 1. The monoisotopic (exact) mass is 324 g/mol. The molecule has 0 fully saturated rings. The Kier molecular flexibility index (Phi) is 4.01. The number of carbonyl (C=O) groups excluding carboxylic acids is 1. The van der Waals surface area contributed by atoms with Gasteiger partial charge in [0.25, 0.3) is 0 Å². The van der Waals surface area contributed by atoms with Gasteiger partial charge in [0.15, 0.2) is 0 Å². The summed E-state index contributed by atoms with van der Waals surface area (Å²) >= 11 is 0. The molecule has 0 atom stereocenters. The first kappa shape index (κ1) is 16.1. The molecule has 0 amide bonds. The summed E-state index contributed by atoms with van der Waals surface area (Å²) in [4.78, 5) is 24.7. The Bertz CT molecular complexity index is 981. The van der Waals surface area contributed by atoms with Crippen LogP contribution >= 0.6 is 0 Å². The Hall–Kier alpha value is -2.82. The van der Waals surface area contributed by atoms with Crippen molar-refractivity contribution in [2.75, 3.05) is 7.11 Å². The Morgan fingerprint density at radius 2 is 1.83 bits per heavy atom. The molecule has 0 bridgehead atoms. The summed E-state index contributed by atoms with van der Waals surface area (Å²) in [5, 5.41) is 0.578. The van der Waals surface area contributed by atoms with E-state index < -0.39 is 5.97 Å². The molecule has 0 saturated heterocycles. The van der Waals surface area contributed by atoms with Crippen LogP contribution < -0.4 is 5.43 Å². The molecule has 0 radical (unpaired) electrons. The van der Waals surface area contributed by atoms with Gasteiger partial charge in [0.1, 0.15) is 11.2 Å². The van der Waals surface area contributed by atoms with E-state index in [0.717, 1.165) is 22.5 Å². The number of esters is 1. The van der Waals surface area contributed by atoms with Gasteiger partial charge in [-0.1, -0.05) is 30.3 Å². The van der Waals surface area contributed by atoms with Gasteiger partial charge in [-0.2, -0.15) is 0 Å². The summed E-state index contributed by atoms with van der Waals surface area (Å²) in [6.45, 7) is 4.58. The van der Waals surface area contributed by atoms with E-state index in [1.54, 1.807) is 6.20 Å². The lowest BCUT2D eigenvalue weighted by Crippen LogP contribution is -2.20. The average molecular weight is 324 g/mol. The molecule has 0 aliphatic rings. The van der Waals surface area contributed by atoms with Crippen LogP contribution in [-0.4, -0.2) is 22.2 Å². The highest BCUT2D eigenvalue weighted by Crippen LogP contribution is 2.24. The molecule has 3 aromatic rings. The standard InChI is InChI=1S/C19H20N2O3/c1-12-13(2)21(10-14-8-6-5-7-9-14)18-16(12)17(22)15(11-20(18)3)19(23)24-4/h5-9,11H,10H2,1-4H3. The molecular weight excluding hydrogens is 304 g/mol. The van der Waals surface area contributed by atoms with Crippen LogP contribution in [0.1, 0.15) is 27.2 Å². The molecular formula is C19H20N2O3. The lowest BCUT2D eigenvalue weighted by Gasteiger charge is -2.12. The maximum atomic E-state index is 12.8. The van der Waals surface area contributed by atoms with Crippen molar-refractivity contribution in [1.82, 2.24) is 9.13 Å². The van der Waals surface area contributed by atoms with Gasteiger partial charge in [0.2, 0.25) is 5.43 Å². The van der Waals surface area contributed by atoms with Gasteiger partial charge in [-0.15, -0.1) is 0 Å². The van der Waals surface area contributed by atoms with E-state index in [2.05, 4.69) is 16.7 Å². The van der Waals surface area contributed by atoms with E-state index in [9.17, 15) is 9.59 Å². The fourth-order valence-electron chi connectivity index (χ4n) is 3.15. The molecule has 2 heterocycles. The smallest absolute Gasteiger partial charge is 0.343 e. The number of aromatic nitrogens is 2. The van der Waals surface area contributed by atoms with Crippen LogP contribution in [-0.2, 0) is 18.3 Å². The zero-order valence-corrected chi connectivity index (χ0v) is 14.3. The fourth-order valence-corrected chi connectivity index (χ4v) is 3.15. The number of carbonyl (C=O) groups is 1. The summed E-state index contributed by atoms with van der Waals surface area (Å²) < 4.78 is 8.67. The van der Waals surface area contributed by atoms with Crippen LogP contribution in [0.25, 0.3) is 11.0 Å². The number of ether oxygens (including phenoxy) is 1. The van der Waals surface area contributed by atoms with Gasteiger partial charge in [0, 0.05) is 25.5 Å². The van der Waals surface area contributed by atoms with Crippen molar-refractivity contribution in [3.05, 3.63) is 69.1 Å². The molecule has 0 unspecified atom stereocenters.